The molecule has 2 amide bonds. The smallest absolute Gasteiger partial charge is 0.277 e. The van der Waals surface area contributed by atoms with Gasteiger partial charge in [-0.2, -0.15) is 0 Å². The molecule has 2 aromatic rings. The van der Waals surface area contributed by atoms with Gasteiger partial charge in [0.1, 0.15) is 5.70 Å². The first kappa shape index (κ1) is 22.2. The molecule has 6 nitrogen and oxygen atoms in total. The predicted molar refractivity (Wildman–Crippen MR) is 124 cm³/mol. The molecule has 32 heavy (non-hydrogen) atoms. The fourth-order valence-electron chi connectivity index (χ4n) is 4.28. The Morgan fingerprint density at radius 1 is 0.844 bits per heavy atom. The van der Waals surface area contributed by atoms with Crippen LogP contribution in [0, 0.1) is 0 Å². The lowest BCUT2D eigenvalue weighted by molar-refractivity contribution is -0.138. The molecule has 0 bridgehead atoms. The summed E-state index contributed by atoms with van der Waals surface area (Å²) in [6, 6.07) is 19.9. The topological polar surface area (TPSA) is 53.1 Å². The van der Waals surface area contributed by atoms with Gasteiger partial charge in [-0.1, -0.05) is 60.7 Å². The van der Waals surface area contributed by atoms with Crippen molar-refractivity contribution in [2.75, 3.05) is 39.3 Å². The van der Waals surface area contributed by atoms with Crippen molar-refractivity contribution in [3.8, 4) is 0 Å². The summed E-state index contributed by atoms with van der Waals surface area (Å²) in [6.07, 6.45) is 0.0570. The van der Waals surface area contributed by atoms with Crippen molar-refractivity contribution < 1.29 is 14.3 Å². The fraction of sp³-hybridized carbons (Fsp3) is 0.385. The summed E-state index contributed by atoms with van der Waals surface area (Å²) in [4.78, 5) is 32.5. The highest BCUT2D eigenvalue weighted by atomic mass is 16.5. The number of rotatable bonds is 8. The third-order valence-electron chi connectivity index (χ3n) is 5.91. The van der Waals surface area contributed by atoms with E-state index in [4.69, 9.17) is 4.74 Å². The number of ether oxygens (including phenoxy) is 1. The van der Waals surface area contributed by atoms with Gasteiger partial charge in [-0.25, -0.2) is 0 Å². The first-order valence-corrected chi connectivity index (χ1v) is 11.3. The number of imide groups is 1. The zero-order valence-corrected chi connectivity index (χ0v) is 18.9. The summed E-state index contributed by atoms with van der Waals surface area (Å²) in [5.74, 6) is -0.437. The predicted octanol–water partition coefficient (Wildman–Crippen LogP) is 3.01. The first-order valence-electron chi connectivity index (χ1n) is 11.3. The molecule has 1 fully saturated rings. The molecule has 0 aliphatic carbocycles. The van der Waals surface area contributed by atoms with Gasteiger partial charge in [-0.05, 0) is 25.0 Å². The molecule has 2 aliphatic rings. The highest BCUT2D eigenvalue weighted by molar-refractivity contribution is 6.35. The quantitative estimate of drug-likeness (QED) is 0.599. The van der Waals surface area contributed by atoms with Crippen molar-refractivity contribution in [3.63, 3.8) is 0 Å². The summed E-state index contributed by atoms with van der Waals surface area (Å²) in [5, 5.41) is 0. The number of amides is 2. The van der Waals surface area contributed by atoms with Crippen molar-refractivity contribution in [2.45, 2.75) is 26.5 Å². The number of nitrogens with zero attached hydrogens (tertiary/aromatic N) is 3. The van der Waals surface area contributed by atoms with Crippen LogP contribution in [0.15, 0.2) is 66.4 Å². The minimum Gasteiger partial charge on any atom is -0.377 e. The molecule has 0 aromatic heterocycles. The average molecular weight is 434 g/mol. The number of carbonyl (C=O) groups excluding carboxylic acids is 2. The number of piperazine rings is 1. The lowest BCUT2D eigenvalue weighted by atomic mass is 10.0. The molecule has 0 unspecified atom stereocenters. The van der Waals surface area contributed by atoms with Gasteiger partial charge in [-0.15, -0.1) is 0 Å². The van der Waals surface area contributed by atoms with E-state index < -0.39 is 0 Å². The van der Waals surface area contributed by atoms with E-state index in [-0.39, 0.29) is 24.5 Å². The van der Waals surface area contributed by atoms with Crippen molar-refractivity contribution in [2.24, 2.45) is 0 Å². The molecule has 0 spiro atoms. The third-order valence-corrected chi connectivity index (χ3v) is 5.91. The van der Waals surface area contributed by atoms with Gasteiger partial charge >= 0.3 is 0 Å². The van der Waals surface area contributed by atoms with Crippen LogP contribution in [0.2, 0.25) is 0 Å². The van der Waals surface area contributed by atoms with Gasteiger partial charge in [0.2, 0.25) is 0 Å². The van der Waals surface area contributed by atoms with E-state index in [9.17, 15) is 9.59 Å². The fourth-order valence-corrected chi connectivity index (χ4v) is 4.28. The Bertz CT molecular complexity index is 964. The van der Waals surface area contributed by atoms with Crippen LogP contribution >= 0.6 is 0 Å². The molecule has 4 rings (SSSR count). The normalized spacial score (nSPS) is 17.7. The van der Waals surface area contributed by atoms with Gasteiger partial charge in [0, 0.05) is 32.7 Å². The van der Waals surface area contributed by atoms with Crippen LogP contribution in [0.3, 0.4) is 0 Å². The molecule has 2 aromatic carbocycles. The second-order valence-corrected chi connectivity index (χ2v) is 8.52. The summed E-state index contributed by atoms with van der Waals surface area (Å²) < 4.78 is 5.61. The number of hydrogen-bond donors (Lipinski definition) is 0. The second kappa shape index (κ2) is 10.1. The van der Waals surface area contributed by atoms with E-state index >= 15 is 0 Å². The molecule has 6 heteroatoms. The largest absolute Gasteiger partial charge is 0.377 e. The number of hydrogen-bond acceptors (Lipinski definition) is 5. The van der Waals surface area contributed by atoms with Crippen LogP contribution < -0.4 is 0 Å². The molecule has 0 radical (unpaired) electrons. The van der Waals surface area contributed by atoms with E-state index in [0.717, 1.165) is 25.2 Å². The SMILES string of the molecule is CC(C)OCCN1C(=O)C(c2ccccc2)=C(N2CCN(Cc3ccccc3)CC2)C1=O. The summed E-state index contributed by atoms with van der Waals surface area (Å²) >= 11 is 0. The maximum absolute atomic E-state index is 13.4. The third kappa shape index (κ3) is 4.92. The molecular weight excluding hydrogens is 402 g/mol. The van der Waals surface area contributed by atoms with Gasteiger partial charge < -0.3 is 9.64 Å². The Balaban J connectivity index is 1.52. The van der Waals surface area contributed by atoms with Gasteiger partial charge in [0.25, 0.3) is 11.8 Å². The maximum atomic E-state index is 13.4. The van der Waals surface area contributed by atoms with Crippen LogP contribution in [-0.2, 0) is 20.9 Å². The molecular formula is C26H31N3O3. The van der Waals surface area contributed by atoms with Gasteiger partial charge in [0.05, 0.1) is 24.8 Å². The standard InChI is InChI=1S/C26H31N3O3/c1-20(2)32-18-17-29-25(30)23(22-11-7-4-8-12-22)24(26(29)31)28-15-13-27(14-16-28)19-21-9-5-3-6-10-21/h3-12,20H,13-19H2,1-2H3. The van der Waals surface area contributed by atoms with Crippen molar-refractivity contribution in [1.82, 2.24) is 14.7 Å². The maximum Gasteiger partial charge on any atom is 0.277 e. The zero-order valence-electron chi connectivity index (χ0n) is 18.9. The van der Waals surface area contributed by atoms with Crippen LogP contribution in [0.1, 0.15) is 25.0 Å². The monoisotopic (exact) mass is 433 g/mol. The van der Waals surface area contributed by atoms with E-state index in [1.807, 2.05) is 50.2 Å². The minimum absolute atomic E-state index is 0.0570. The van der Waals surface area contributed by atoms with Crippen LogP contribution in [0.4, 0.5) is 0 Å². The molecule has 1 saturated heterocycles. The Kier molecular flexibility index (Phi) is 7.02. The molecule has 168 valence electrons. The highest BCUT2D eigenvalue weighted by Gasteiger charge is 2.41. The summed E-state index contributed by atoms with van der Waals surface area (Å²) in [7, 11) is 0. The van der Waals surface area contributed by atoms with Crippen LogP contribution in [-0.4, -0.2) is 71.9 Å². The van der Waals surface area contributed by atoms with Crippen molar-refractivity contribution in [1.29, 1.82) is 0 Å². The zero-order chi connectivity index (χ0) is 22.5. The molecule has 0 saturated carbocycles. The molecule has 2 aliphatic heterocycles. The second-order valence-electron chi connectivity index (χ2n) is 8.52. The number of benzene rings is 2. The first-order chi connectivity index (χ1) is 15.5. The lowest BCUT2D eigenvalue weighted by Gasteiger charge is -2.36. The van der Waals surface area contributed by atoms with Crippen LogP contribution in [0.5, 0.6) is 0 Å². The van der Waals surface area contributed by atoms with E-state index in [1.54, 1.807) is 0 Å². The Hall–Kier alpha value is -2.96. The minimum atomic E-state index is -0.227. The molecule has 2 heterocycles. The van der Waals surface area contributed by atoms with E-state index in [2.05, 4.69) is 34.1 Å². The van der Waals surface area contributed by atoms with Crippen molar-refractivity contribution in [3.05, 3.63) is 77.5 Å². The lowest BCUT2D eigenvalue weighted by Crippen LogP contribution is -2.47. The Morgan fingerprint density at radius 2 is 1.47 bits per heavy atom. The van der Waals surface area contributed by atoms with E-state index in [1.165, 1.54) is 10.5 Å². The van der Waals surface area contributed by atoms with Gasteiger partial charge in [0.15, 0.2) is 0 Å². The van der Waals surface area contributed by atoms with Crippen molar-refractivity contribution >= 4 is 17.4 Å². The Labute approximate surface area is 190 Å². The summed E-state index contributed by atoms with van der Waals surface area (Å²) in [6.45, 7) is 8.52. The molecule has 0 N–H and O–H groups in total. The number of carbonyl (C=O) groups is 2. The molecule has 0 atom stereocenters. The summed E-state index contributed by atoms with van der Waals surface area (Å²) in [5.41, 5.74) is 3.12. The van der Waals surface area contributed by atoms with E-state index in [0.29, 0.717) is 31.0 Å². The van der Waals surface area contributed by atoms with Crippen LogP contribution in [0.25, 0.3) is 5.57 Å². The average Bonchev–Trinajstić information content (AvgIpc) is 3.05. The highest BCUT2D eigenvalue weighted by Crippen LogP contribution is 2.32. The Morgan fingerprint density at radius 3 is 2.09 bits per heavy atom. The van der Waals surface area contributed by atoms with Gasteiger partial charge in [-0.3, -0.25) is 19.4 Å².